The van der Waals surface area contributed by atoms with E-state index in [1.165, 1.54) is 0 Å². The van der Waals surface area contributed by atoms with Crippen LogP contribution in [0.4, 0.5) is 4.79 Å². The van der Waals surface area contributed by atoms with Crippen LogP contribution in [0.2, 0.25) is 5.02 Å². The molecule has 1 aromatic heterocycles. The zero-order valence-corrected chi connectivity index (χ0v) is 17.0. The van der Waals surface area contributed by atoms with Crippen LogP contribution in [0.5, 0.6) is 0 Å². The summed E-state index contributed by atoms with van der Waals surface area (Å²) in [6, 6.07) is 3.79. The van der Waals surface area contributed by atoms with Gasteiger partial charge in [0.05, 0.1) is 37.1 Å². The van der Waals surface area contributed by atoms with Crippen LogP contribution in [0.15, 0.2) is 18.3 Å². The van der Waals surface area contributed by atoms with Crippen molar-refractivity contribution >= 4 is 28.5 Å². The molecule has 0 spiro atoms. The molecule has 0 unspecified atom stereocenters. The molecule has 1 atom stereocenters. The summed E-state index contributed by atoms with van der Waals surface area (Å²) in [4.78, 5) is 14.2. The molecule has 3 heterocycles. The Morgan fingerprint density at radius 2 is 2.11 bits per heavy atom. The molecule has 2 amide bonds. The van der Waals surface area contributed by atoms with E-state index in [2.05, 4.69) is 29.4 Å². The van der Waals surface area contributed by atoms with Crippen LogP contribution in [-0.4, -0.2) is 58.6 Å². The highest BCUT2D eigenvalue weighted by Gasteiger charge is 2.40. The molecule has 2 aliphatic heterocycles. The average molecular weight is 407 g/mol. The third-order valence-electron chi connectivity index (χ3n) is 6.34. The predicted octanol–water partition coefficient (Wildman–Crippen LogP) is 3.10. The van der Waals surface area contributed by atoms with Gasteiger partial charge in [-0.1, -0.05) is 25.4 Å². The van der Waals surface area contributed by atoms with Crippen molar-refractivity contribution in [2.75, 3.05) is 26.3 Å². The summed E-state index contributed by atoms with van der Waals surface area (Å²) in [5.41, 5.74) is 1.23. The second-order valence-electron chi connectivity index (χ2n) is 8.50. The minimum Gasteiger partial charge on any atom is -0.388 e. The van der Waals surface area contributed by atoms with Gasteiger partial charge in [-0.15, -0.1) is 0 Å². The SMILES string of the molecule is CC(C)(C1CCN(C(=O)NC2COC2)CC1)[C@H](O)c1cc(Cl)cc2cn[nH]c12. The molecule has 0 aliphatic carbocycles. The number of amides is 2. The summed E-state index contributed by atoms with van der Waals surface area (Å²) < 4.78 is 5.11. The van der Waals surface area contributed by atoms with Crippen molar-refractivity contribution in [3.8, 4) is 0 Å². The highest BCUT2D eigenvalue weighted by molar-refractivity contribution is 6.31. The van der Waals surface area contributed by atoms with Gasteiger partial charge in [0.15, 0.2) is 0 Å². The first-order chi connectivity index (χ1) is 13.4. The van der Waals surface area contributed by atoms with Gasteiger partial charge in [0.2, 0.25) is 0 Å². The maximum atomic E-state index is 12.4. The molecule has 152 valence electrons. The average Bonchev–Trinajstić information content (AvgIpc) is 3.11. The first kappa shape index (κ1) is 19.5. The highest BCUT2D eigenvalue weighted by atomic mass is 35.5. The monoisotopic (exact) mass is 406 g/mol. The number of hydrogen-bond acceptors (Lipinski definition) is 4. The molecular weight excluding hydrogens is 380 g/mol. The summed E-state index contributed by atoms with van der Waals surface area (Å²) in [6.07, 6.45) is 2.73. The van der Waals surface area contributed by atoms with Gasteiger partial charge in [0.25, 0.3) is 0 Å². The number of hydrogen-bond donors (Lipinski definition) is 3. The normalized spacial score (nSPS) is 20.2. The van der Waals surface area contributed by atoms with Crippen molar-refractivity contribution in [3.05, 3.63) is 28.9 Å². The zero-order chi connectivity index (χ0) is 19.9. The Morgan fingerprint density at radius 1 is 1.39 bits per heavy atom. The van der Waals surface area contributed by atoms with E-state index in [1.54, 1.807) is 6.20 Å². The van der Waals surface area contributed by atoms with E-state index in [0.717, 1.165) is 29.3 Å². The van der Waals surface area contributed by atoms with Crippen LogP contribution in [-0.2, 0) is 4.74 Å². The molecule has 8 heteroatoms. The van der Waals surface area contributed by atoms with Gasteiger partial charge in [0.1, 0.15) is 0 Å². The number of halogens is 1. The maximum Gasteiger partial charge on any atom is 0.317 e. The number of H-pyrrole nitrogens is 1. The Kier molecular flexibility index (Phi) is 5.24. The van der Waals surface area contributed by atoms with Crippen LogP contribution in [0.1, 0.15) is 38.4 Å². The fraction of sp³-hybridized carbons (Fsp3) is 0.600. The van der Waals surface area contributed by atoms with Crippen molar-refractivity contribution < 1.29 is 14.6 Å². The van der Waals surface area contributed by atoms with Gasteiger partial charge in [-0.2, -0.15) is 5.10 Å². The standard InChI is InChI=1S/C20H27ClN4O3/c1-20(2,18(26)16-8-14(21)7-12-9-22-24-17(12)16)13-3-5-25(6-4-13)19(27)23-15-10-28-11-15/h7-9,13,15,18,26H,3-6,10-11H2,1-2H3,(H,22,24)(H,23,27)/t18-/m1/s1. The van der Waals surface area contributed by atoms with Crippen LogP contribution in [0.3, 0.4) is 0 Å². The van der Waals surface area contributed by atoms with E-state index < -0.39 is 6.10 Å². The Balaban J connectivity index is 1.44. The molecule has 0 saturated carbocycles. The summed E-state index contributed by atoms with van der Waals surface area (Å²) in [5, 5.41) is 22.8. The van der Waals surface area contributed by atoms with Gasteiger partial charge in [-0.05, 0) is 36.3 Å². The van der Waals surface area contributed by atoms with E-state index in [9.17, 15) is 9.90 Å². The Labute approximate surface area is 169 Å². The lowest BCUT2D eigenvalue weighted by molar-refractivity contribution is -0.0179. The number of carbonyl (C=O) groups excluding carboxylic acids is 1. The molecule has 2 aliphatic rings. The lowest BCUT2D eigenvalue weighted by Gasteiger charge is -2.43. The van der Waals surface area contributed by atoms with Gasteiger partial charge in [-0.25, -0.2) is 4.79 Å². The molecule has 1 aromatic carbocycles. The number of aliphatic hydroxyl groups excluding tert-OH is 1. The van der Waals surface area contributed by atoms with Gasteiger partial charge in [-0.3, -0.25) is 5.10 Å². The zero-order valence-electron chi connectivity index (χ0n) is 16.2. The van der Waals surface area contributed by atoms with Gasteiger partial charge < -0.3 is 20.1 Å². The number of urea groups is 1. The second kappa shape index (κ2) is 7.54. The molecule has 0 radical (unpaired) electrons. The Hall–Kier alpha value is -1.83. The number of ether oxygens (including phenoxy) is 1. The number of nitrogens with one attached hydrogen (secondary N) is 2. The second-order valence-corrected chi connectivity index (χ2v) is 8.93. The molecule has 0 bridgehead atoms. The number of benzene rings is 1. The summed E-state index contributed by atoms with van der Waals surface area (Å²) in [6.45, 7) is 6.76. The number of aromatic nitrogens is 2. The van der Waals surface area contributed by atoms with Crippen LogP contribution in [0, 0.1) is 11.3 Å². The minimum absolute atomic E-state index is 0.0147. The number of likely N-dealkylation sites (tertiary alicyclic amines) is 1. The van der Waals surface area contributed by atoms with Crippen molar-refractivity contribution in [2.24, 2.45) is 11.3 Å². The fourth-order valence-electron chi connectivity index (χ4n) is 4.30. The third-order valence-corrected chi connectivity index (χ3v) is 6.56. The fourth-order valence-corrected chi connectivity index (χ4v) is 4.53. The maximum absolute atomic E-state index is 12.4. The molecular formula is C20H27ClN4O3. The van der Waals surface area contributed by atoms with Crippen molar-refractivity contribution in [3.63, 3.8) is 0 Å². The lowest BCUT2D eigenvalue weighted by atomic mass is 9.68. The summed E-state index contributed by atoms with van der Waals surface area (Å²) in [7, 11) is 0. The van der Waals surface area contributed by atoms with Crippen LogP contribution in [0.25, 0.3) is 10.9 Å². The van der Waals surface area contributed by atoms with Crippen LogP contribution < -0.4 is 5.32 Å². The molecule has 3 N–H and O–H groups in total. The lowest BCUT2D eigenvalue weighted by Crippen LogP contribution is -2.54. The first-order valence-electron chi connectivity index (χ1n) is 9.80. The van der Waals surface area contributed by atoms with E-state index in [1.807, 2.05) is 17.0 Å². The van der Waals surface area contributed by atoms with Gasteiger partial charge in [0, 0.05) is 29.1 Å². The Bertz CT molecular complexity index is 856. The molecule has 2 fully saturated rings. The highest BCUT2D eigenvalue weighted by Crippen LogP contribution is 2.46. The number of rotatable bonds is 4. The van der Waals surface area contributed by atoms with Crippen molar-refractivity contribution in [1.82, 2.24) is 20.4 Å². The third kappa shape index (κ3) is 3.58. The smallest absolute Gasteiger partial charge is 0.317 e. The Morgan fingerprint density at radius 3 is 2.75 bits per heavy atom. The molecule has 2 aromatic rings. The molecule has 4 rings (SSSR count). The quantitative estimate of drug-likeness (QED) is 0.727. The summed E-state index contributed by atoms with van der Waals surface area (Å²) >= 11 is 6.26. The van der Waals surface area contributed by atoms with Crippen molar-refractivity contribution in [2.45, 2.75) is 38.8 Å². The molecule has 7 nitrogen and oxygen atoms in total. The number of carbonyl (C=O) groups is 1. The minimum atomic E-state index is -0.688. The first-order valence-corrected chi connectivity index (χ1v) is 10.2. The summed E-state index contributed by atoms with van der Waals surface area (Å²) in [5.74, 6) is 0.288. The number of aromatic amines is 1. The largest absolute Gasteiger partial charge is 0.388 e. The van der Waals surface area contributed by atoms with E-state index >= 15 is 0 Å². The number of aliphatic hydroxyl groups is 1. The topological polar surface area (TPSA) is 90.5 Å². The van der Waals surface area contributed by atoms with E-state index in [-0.39, 0.29) is 23.4 Å². The number of piperidine rings is 1. The molecule has 28 heavy (non-hydrogen) atoms. The van der Waals surface area contributed by atoms with E-state index in [4.69, 9.17) is 16.3 Å². The number of nitrogens with zero attached hydrogens (tertiary/aromatic N) is 2. The number of fused-ring (bicyclic) bond motifs is 1. The predicted molar refractivity (Wildman–Crippen MR) is 107 cm³/mol. The van der Waals surface area contributed by atoms with Gasteiger partial charge >= 0.3 is 6.03 Å². The molecule has 2 saturated heterocycles. The van der Waals surface area contributed by atoms with Crippen molar-refractivity contribution in [1.29, 1.82) is 0 Å². The van der Waals surface area contributed by atoms with E-state index in [0.29, 0.717) is 31.3 Å². The van der Waals surface area contributed by atoms with Crippen LogP contribution >= 0.6 is 11.6 Å².